The fourth-order valence-corrected chi connectivity index (χ4v) is 3.28. The summed E-state index contributed by atoms with van der Waals surface area (Å²) >= 11 is 0. The van der Waals surface area contributed by atoms with E-state index in [-0.39, 0.29) is 11.8 Å². The second-order valence-electron chi connectivity index (χ2n) is 6.39. The Kier molecular flexibility index (Phi) is 4.59. The van der Waals surface area contributed by atoms with Gasteiger partial charge in [-0.2, -0.15) is 5.10 Å². The summed E-state index contributed by atoms with van der Waals surface area (Å²) in [5.41, 5.74) is 2.71. The SMILES string of the molecule is O=C(Nc1cccc(-c2ccn[nH]2)c1)C1CCCN(c2cnccn2)C1. The Labute approximate surface area is 151 Å². The van der Waals surface area contributed by atoms with Crippen LogP contribution in [-0.4, -0.2) is 39.2 Å². The standard InChI is InChI=1S/C19H20N6O/c26-19(15-4-2-10-25(13-15)18-12-20-8-9-21-18)23-16-5-1-3-14(11-16)17-6-7-22-24-17/h1,3,5-9,11-12,15H,2,4,10,13H2,(H,22,24)(H,23,26). The van der Waals surface area contributed by atoms with Crippen molar-refractivity contribution >= 4 is 17.4 Å². The van der Waals surface area contributed by atoms with Crippen LogP contribution in [0.1, 0.15) is 12.8 Å². The molecule has 0 saturated carbocycles. The maximum Gasteiger partial charge on any atom is 0.229 e. The highest BCUT2D eigenvalue weighted by Gasteiger charge is 2.26. The van der Waals surface area contributed by atoms with E-state index < -0.39 is 0 Å². The van der Waals surface area contributed by atoms with Gasteiger partial charge < -0.3 is 10.2 Å². The van der Waals surface area contributed by atoms with Gasteiger partial charge in [0.2, 0.25) is 5.91 Å². The zero-order valence-corrected chi connectivity index (χ0v) is 14.3. The highest BCUT2D eigenvalue weighted by Crippen LogP contribution is 2.24. The number of rotatable bonds is 4. The summed E-state index contributed by atoms with van der Waals surface area (Å²) in [5, 5.41) is 9.96. The maximum atomic E-state index is 12.7. The lowest BCUT2D eigenvalue weighted by Crippen LogP contribution is -2.41. The van der Waals surface area contributed by atoms with Gasteiger partial charge in [0.05, 0.1) is 17.8 Å². The molecule has 0 bridgehead atoms. The molecular weight excluding hydrogens is 328 g/mol. The number of carbonyl (C=O) groups excluding carboxylic acids is 1. The number of hydrogen-bond acceptors (Lipinski definition) is 5. The molecule has 3 aromatic rings. The van der Waals surface area contributed by atoms with Gasteiger partial charge in [0.15, 0.2) is 0 Å². The second kappa shape index (κ2) is 7.35. The fourth-order valence-electron chi connectivity index (χ4n) is 3.28. The number of piperidine rings is 1. The van der Waals surface area contributed by atoms with Gasteiger partial charge in [0.25, 0.3) is 0 Å². The van der Waals surface area contributed by atoms with Crippen LogP contribution in [0.5, 0.6) is 0 Å². The second-order valence-corrected chi connectivity index (χ2v) is 6.39. The predicted molar refractivity (Wildman–Crippen MR) is 99.6 cm³/mol. The minimum absolute atomic E-state index is 0.0420. The quantitative estimate of drug-likeness (QED) is 0.757. The van der Waals surface area contributed by atoms with Crippen LogP contribution in [0.25, 0.3) is 11.3 Å². The lowest BCUT2D eigenvalue weighted by atomic mass is 9.97. The van der Waals surface area contributed by atoms with Gasteiger partial charge in [0.1, 0.15) is 5.82 Å². The van der Waals surface area contributed by atoms with Crippen molar-refractivity contribution in [3.8, 4) is 11.3 Å². The molecule has 7 nitrogen and oxygen atoms in total. The van der Waals surface area contributed by atoms with Crippen LogP contribution in [0.4, 0.5) is 11.5 Å². The first kappa shape index (κ1) is 16.3. The van der Waals surface area contributed by atoms with E-state index in [2.05, 4.69) is 30.4 Å². The molecule has 1 aliphatic heterocycles. The van der Waals surface area contributed by atoms with Crippen molar-refractivity contribution in [3.05, 3.63) is 55.1 Å². The molecule has 1 aromatic carbocycles. The van der Waals surface area contributed by atoms with Crippen molar-refractivity contribution in [1.82, 2.24) is 20.2 Å². The van der Waals surface area contributed by atoms with Gasteiger partial charge in [-0.05, 0) is 31.0 Å². The topological polar surface area (TPSA) is 86.8 Å². The number of carbonyl (C=O) groups is 1. The van der Waals surface area contributed by atoms with E-state index in [0.29, 0.717) is 6.54 Å². The summed E-state index contributed by atoms with van der Waals surface area (Å²) in [6, 6.07) is 9.68. The lowest BCUT2D eigenvalue weighted by Gasteiger charge is -2.32. The predicted octanol–water partition coefficient (Wildman–Crippen LogP) is 2.72. The average Bonchev–Trinajstić information content (AvgIpc) is 3.24. The first-order chi connectivity index (χ1) is 12.8. The van der Waals surface area contributed by atoms with Crippen LogP contribution in [0.2, 0.25) is 0 Å². The van der Waals surface area contributed by atoms with Crippen molar-refractivity contribution in [3.63, 3.8) is 0 Å². The molecule has 132 valence electrons. The summed E-state index contributed by atoms with van der Waals surface area (Å²) < 4.78 is 0. The van der Waals surface area contributed by atoms with Crippen molar-refractivity contribution in [1.29, 1.82) is 0 Å². The Bertz CT molecular complexity index is 865. The highest BCUT2D eigenvalue weighted by molar-refractivity contribution is 5.93. The average molecular weight is 348 g/mol. The Balaban J connectivity index is 1.44. The molecule has 2 N–H and O–H groups in total. The molecule has 1 amide bonds. The molecule has 0 radical (unpaired) electrons. The van der Waals surface area contributed by atoms with Crippen LogP contribution in [0, 0.1) is 5.92 Å². The van der Waals surface area contributed by atoms with Crippen molar-refractivity contribution in [2.24, 2.45) is 5.92 Å². The molecule has 4 rings (SSSR count). The summed E-state index contributed by atoms with van der Waals surface area (Å²) in [6.07, 6.45) is 8.63. The summed E-state index contributed by atoms with van der Waals surface area (Å²) in [4.78, 5) is 23.3. The number of H-pyrrole nitrogens is 1. The fraction of sp³-hybridized carbons (Fsp3) is 0.263. The number of benzene rings is 1. The Morgan fingerprint density at radius 2 is 2.19 bits per heavy atom. The minimum Gasteiger partial charge on any atom is -0.355 e. The molecule has 0 aliphatic carbocycles. The van der Waals surface area contributed by atoms with E-state index in [1.807, 2.05) is 30.3 Å². The summed E-state index contributed by atoms with van der Waals surface area (Å²) in [7, 11) is 0. The number of nitrogens with one attached hydrogen (secondary N) is 2. The molecule has 0 spiro atoms. The van der Waals surface area contributed by atoms with E-state index in [9.17, 15) is 4.79 Å². The van der Waals surface area contributed by atoms with Gasteiger partial charge in [-0.1, -0.05) is 12.1 Å². The Morgan fingerprint density at radius 3 is 3.00 bits per heavy atom. The molecule has 26 heavy (non-hydrogen) atoms. The van der Waals surface area contributed by atoms with E-state index in [4.69, 9.17) is 0 Å². The third-order valence-electron chi connectivity index (χ3n) is 4.61. The maximum absolute atomic E-state index is 12.7. The summed E-state index contributed by atoms with van der Waals surface area (Å²) in [6.45, 7) is 1.56. The number of aromatic amines is 1. The normalized spacial score (nSPS) is 17.1. The van der Waals surface area contributed by atoms with Crippen LogP contribution in [0.15, 0.2) is 55.1 Å². The van der Waals surface area contributed by atoms with Crippen molar-refractivity contribution in [2.45, 2.75) is 12.8 Å². The first-order valence-electron chi connectivity index (χ1n) is 8.71. The van der Waals surface area contributed by atoms with Crippen LogP contribution < -0.4 is 10.2 Å². The molecule has 7 heteroatoms. The number of hydrogen-bond donors (Lipinski definition) is 2. The number of nitrogens with zero attached hydrogens (tertiary/aromatic N) is 4. The summed E-state index contributed by atoms with van der Waals surface area (Å²) in [5.74, 6) is 0.799. The highest BCUT2D eigenvalue weighted by atomic mass is 16.1. The van der Waals surface area contributed by atoms with Gasteiger partial charge in [-0.25, -0.2) is 4.98 Å². The Morgan fingerprint density at radius 1 is 1.23 bits per heavy atom. The third-order valence-corrected chi connectivity index (χ3v) is 4.61. The molecule has 1 fully saturated rings. The van der Waals surface area contributed by atoms with E-state index in [1.54, 1.807) is 24.8 Å². The number of anilines is 2. The molecule has 1 unspecified atom stereocenters. The molecule has 2 aromatic heterocycles. The molecule has 1 saturated heterocycles. The molecule has 1 atom stereocenters. The monoisotopic (exact) mass is 348 g/mol. The van der Waals surface area contributed by atoms with Crippen LogP contribution >= 0.6 is 0 Å². The minimum atomic E-state index is -0.0680. The zero-order chi connectivity index (χ0) is 17.8. The molecule has 3 heterocycles. The lowest BCUT2D eigenvalue weighted by molar-refractivity contribution is -0.120. The van der Waals surface area contributed by atoms with Gasteiger partial charge >= 0.3 is 0 Å². The van der Waals surface area contributed by atoms with E-state index in [0.717, 1.165) is 42.1 Å². The smallest absolute Gasteiger partial charge is 0.229 e. The van der Waals surface area contributed by atoms with Crippen molar-refractivity contribution < 1.29 is 4.79 Å². The Hall–Kier alpha value is -3.22. The number of amides is 1. The van der Waals surface area contributed by atoms with Crippen LogP contribution in [0.3, 0.4) is 0 Å². The molecule has 1 aliphatic rings. The van der Waals surface area contributed by atoms with Crippen molar-refractivity contribution in [2.75, 3.05) is 23.3 Å². The third kappa shape index (κ3) is 3.56. The molecular formula is C19H20N6O. The van der Waals surface area contributed by atoms with Gasteiger partial charge in [-0.3, -0.25) is 14.9 Å². The largest absolute Gasteiger partial charge is 0.355 e. The van der Waals surface area contributed by atoms with Gasteiger partial charge in [-0.15, -0.1) is 0 Å². The van der Waals surface area contributed by atoms with Crippen LogP contribution in [-0.2, 0) is 4.79 Å². The number of aromatic nitrogens is 4. The first-order valence-corrected chi connectivity index (χ1v) is 8.71. The zero-order valence-electron chi connectivity index (χ0n) is 14.3. The van der Waals surface area contributed by atoms with E-state index >= 15 is 0 Å². The van der Waals surface area contributed by atoms with E-state index in [1.165, 1.54) is 0 Å². The van der Waals surface area contributed by atoms with Gasteiger partial charge in [0, 0.05) is 42.9 Å².